The van der Waals surface area contributed by atoms with Crippen molar-refractivity contribution in [1.82, 2.24) is 25.7 Å². The van der Waals surface area contributed by atoms with Crippen LogP contribution in [0.25, 0.3) is 0 Å². The van der Waals surface area contributed by atoms with Gasteiger partial charge in [0.1, 0.15) is 0 Å². The molecule has 1 saturated carbocycles. The molecule has 0 saturated heterocycles. The standard InChI is InChI=1S/C16H21N5O2S/c22-16(18-9-14-19-20-15(23-14)11-1-2-11)17-5-7-21-6-3-13-12(10-21)4-8-24-13/h4,8,11H,1-3,5-7,9-10H2,(H2,17,18,22). The summed E-state index contributed by atoms with van der Waals surface area (Å²) in [5, 5.41) is 15.7. The molecule has 1 aliphatic heterocycles. The third-order valence-corrected chi connectivity index (χ3v) is 5.43. The molecule has 0 bridgehead atoms. The number of amides is 2. The van der Waals surface area contributed by atoms with Crippen LogP contribution in [0.3, 0.4) is 0 Å². The van der Waals surface area contributed by atoms with Crippen LogP contribution in [0.5, 0.6) is 0 Å². The minimum absolute atomic E-state index is 0.200. The van der Waals surface area contributed by atoms with Crippen molar-refractivity contribution in [1.29, 1.82) is 0 Å². The fourth-order valence-corrected chi connectivity index (χ4v) is 3.77. The lowest BCUT2D eigenvalue weighted by Crippen LogP contribution is -2.41. The van der Waals surface area contributed by atoms with Gasteiger partial charge in [-0.05, 0) is 36.3 Å². The van der Waals surface area contributed by atoms with Crippen LogP contribution in [-0.4, -0.2) is 40.8 Å². The van der Waals surface area contributed by atoms with Crippen molar-refractivity contribution in [2.24, 2.45) is 0 Å². The zero-order chi connectivity index (χ0) is 16.4. The highest BCUT2D eigenvalue weighted by atomic mass is 32.1. The Labute approximate surface area is 144 Å². The predicted octanol–water partition coefficient (Wildman–Crippen LogP) is 1.87. The Balaban J connectivity index is 1.14. The van der Waals surface area contributed by atoms with Crippen LogP contribution < -0.4 is 10.6 Å². The van der Waals surface area contributed by atoms with E-state index < -0.39 is 0 Å². The number of hydrogen-bond donors (Lipinski definition) is 2. The van der Waals surface area contributed by atoms with E-state index in [2.05, 4.69) is 37.2 Å². The van der Waals surface area contributed by atoms with Crippen LogP contribution in [0, 0.1) is 0 Å². The summed E-state index contributed by atoms with van der Waals surface area (Å²) in [5.41, 5.74) is 1.43. The second kappa shape index (κ2) is 6.90. The van der Waals surface area contributed by atoms with E-state index in [4.69, 9.17) is 4.42 Å². The molecule has 0 aromatic carbocycles. The summed E-state index contributed by atoms with van der Waals surface area (Å²) >= 11 is 1.84. The number of urea groups is 1. The van der Waals surface area contributed by atoms with E-state index in [1.54, 1.807) is 0 Å². The quantitative estimate of drug-likeness (QED) is 0.833. The van der Waals surface area contributed by atoms with Crippen LogP contribution >= 0.6 is 11.3 Å². The first-order valence-corrected chi connectivity index (χ1v) is 9.27. The van der Waals surface area contributed by atoms with Crippen LogP contribution in [0.1, 0.15) is 41.0 Å². The molecule has 2 N–H and O–H groups in total. The van der Waals surface area contributed by atoms with Gasteiger partial charge in [-0.3, -0.25) is 4.90 Å². The molecule has 4 rings (SSSR count). The highest BCUT2D eigenvalue weighted by molar-refractivity contribution is 7.10. The predicted molar refractivity (Wildman–Crippen MR) is 89.8 cm³/mol. The number of nitrogens with one attached hydrogen (secondary N) is 2. The normalized spacial score (nSPS) is 17.5. The minimum atomic E-state index is -0.200. The van der Waals surface area contributed by atoms with Gasteiger partial charge in [0, 0.05) is 37.0 Å². The van der Waals surface area contributed by atoms with Crippen LogP contribution in [0.2, 0.25) is 0 Å². The first kappa shape index (κ1) is 15.6. The van der Waals surface area contributed by atoms with Gasteiger partial charge in [0.15, 0.2) is 0 Å². The van der Waals surface area contributed by atoms with Crippen LogP contribution in [-0.2, 0) is 19.5 Å². The van der Waals surface area contributed by atoms with Gasteiger partial charge in [0.05, 0.1) is 6.54 Å². The van der Waals surface area contributed by atoms with E-state index in [-0.39, 0.29) is 12.6 Å². The maximum absolute atomic E-state index is 11.8. The Bertz CT molecular complexity index is 709. The Morgan fingerprint density at radius 3 is 3.17 bits per heavy atom. The molecule has 1 fully saturated rings. The molecule has 2 amide bonds. The van der Waals surface area contributed by atoms with Crippen molar-refractivity contribution < 1.29 is 9.21 Å². The molecule has 128 valence electrons. The van der Waals surface area contributed by atoms with Gasteiger partial charge in [-0.2, -0.15) is 0 Å². The molecule has 7 nitrogen and oxygen atoms in total. The van der Waals surface area contributed by atoms with Crippen LogP contribution in [0.4, 0.5) is 4.79 Å². The van der Waals surface area contributed by atoms with Gasteiger partial charge in [0.25, 0.3) is 0 Å². The lowest BCUT2D eigenvalue weighted by Gasteiger charge is -2.26. The number of fused-ring (bicyclic) bond motifs is 1. The van der Waals surface area contributed by atoms with E-state index in [9.17, 15) is 4.79 Å². The van der Waals surface area contributed by atoms with Crippen molar-refractivity contribution in [2.45, 2.75) is 38.3 Å². The Kier molecular flexibility index (Phi) is 4.48. The van der Waals surface area contributed by atoms with Gasteiger partial charge in [0.2, 0.25) is 11.8 Å². The molecule has 0 radical (unpaired) electrons. The fraction of sp³-hybridized carbons (Fsp3) is 0.562. The van der Waals surface area contributed by atoms with E-state index in [0.717, 1.165) is 38.9 Å². The van der Waals surface area contributed by atoms with Crippen molar-refractivity contribution in [3.63, 3.8) is 0 Å². The van der Waals surface area contributed by atoms with Gasteiger partial charge < -0.3 is 15.1 Å². The summed E-state index contributed by atoms with van der Waals surface area (Å²) in [6.45, 7) is 3.79. The summed E-state index contributed by atoms with van der Waals surface area (Å²) in [7, 11) is 0. The summed E-state index contributed by atoms with van der Waals surface area (Å²) in [6, 6.07) is 2.00. The number of carbonyl (C=O) groups is 1. The lowest BCUT2D eigenvalue weighted by molar-refractivity contribution is 0.230. The monoisotopic (exact) mass is 347 g/mol. The third-order valence-electron chi connectivity index (χ3n) is 4.41. The molecule has 2 aliphatic rings. The van der Waals surface area contributed by atoms with Crippen LogP contribution in [0.15, 0.2) is 15.9 Å². The summed E-state index contributed by atoms with van der Waals surface area (Å²) in [6.07, 6.45) is 3.36. The van der Waals surface area contributed by atoms with E-state index in [0.29, 0.717) is 24.2 Å². The lowest BCUT2D eigenvalue weighted by atomic mass is 10.1. The fourth-order valence-electron chi connectivity index (χ4n) is 2.88. The molecule has 3 heterocycles. The topological polar surface area (TPSA) is 83.3 Å². The molecule has 2 aromatic rings. The average Bonchev–Trinajstić information content (AvgIpc) is 3.15. The molecular weight excluding hydrogens is 326 g/mol. The summed E-state index contributed by atoms with van der Waals surface area (Å²) < 4.78 is 5.51. The van der Waals surface area contributed by atoms with E-state index in [1.165, 1.54) is 10.4 Å². The smallest absolute Gasteiger partial charge is 0.315 e. The molecule has 0 atom stereocenters. The first-order valence-electron chi connectivity index (χ1n) is 8.39. The zero-order valence-electron chi connectivity index (χ0n) is 13.5. The number of rotatable bonds is 6. The van der Waals surface area contributed by atoms with Gasteiger partial charge in [-0.15, -0.1) is 21.5 Å². The Morgan fingerprint density at radius 1 is 1.38 bits per heavy atom. The second-order valence-electron chi connectivity index (χ2n) is 6.31. The van der Waals surface area contributed by atoms with Gasteiger partial charge >= 0.3 is 6.03 Å². The van der Waals surface area contributed by atoms with Crippen molar-refractivity contribution in [3.05, 3.63) is 33.7 Å². The minimum Gasteiger partial charge on any atom is -0.423 e. The molecule has 1 aliphatic carbocycles. The van der Waals surface area contributed by atoms with E-state index in [1.807, 2.05) is 11.3 Å². The molecule has 24 heavy (non-hydrogen) atoms. The third kappa shape index (κ3) is 3.76. The highest BCUT2D eigenvalue weighted by Crippen LogP contribution is 2.38. The number of hydrogen-bond acceptors (Lipinski definition) is 6. The van der Waals surface area contributed by atoms with Gasteiger partial charge in [-0.25, -0.2) is 4.79 Å². The number of nitrogens with zero attached hydrogens (tertiary/aromatic N) is 3. The molecular formula is C16H21N5O2S. The zero-order valence-corrected chi connectivity index (χ0v) is 14.3. The highest BCUT2D eigenvalue weighted by Gasteiger charge is 2.29. The Morgan fingerprint density at radius 2 is 2.29 bits per heavy atom. The molecule has 2 aromatic heterocycles. The maximum Gasteiger partial charge on any atom is 0.315 e. The molecule has 0 unspecified atom stereocenters. The van der Waals surface area contributed by atoms with Crippen molar-refractivity contribution in [3.8, 4) is 0 Å². The van der Waals surface area contributed by atoms with Gasteiger partial charge in [-0.1, -0.05) is 0 Å². The summed E-state index contributed by atoms with van der Waals surface area (Å²) in [5.74, 6) is 1.60. The van der Waals surface area contributed by atoms with Crippen molar-refractivity contribution in [2.75, 3.05) is 19.6 Å². The maximum atomic E-state index is 11.8. The number of aromatic nitrogens is 2. The SMILES string of the molecule is O=C(NCCN1CCc2sccc2C1)NCc1nnc(C2CC2)o1. The summed E-state index contributed by atoms with van der Waals surface area (Å²) in [4.78, 5) is 15.7. The average molecular weight is 347 g/mol. The largest absolute Gasteiger partial charge is 0.423 e. The number of carbonyl (C=O) groups excluding carboxylic acids is 1. The number of thiophene rings is 1. The molecule has 0 spiro atoms. The van der Waals surface area contributed by atoms with Crippen molar-refractivity contribution >= 4 is 17.4 Å². The molecule has 8 heteroatoms. The van der Waals surface area contributed by atoms with E-state index >= 15 is 0 Å². The Hall–Kier alpha value is -1.93. The first-order chi connectivity index (χ1) is 11.8. The second-order valence-corrected chi connectivity index (χ2v) is 7.31.